The monoisotopic (exact) mass is 167 g/mol. The summed E-state index contributed by atoms with van der Waals surface area (Å²) in [5.41, 5.74) is 0. The molecule has 1 aliphatic carbocycles. The maximum atomic E-state index is 3.22. The lowest BCUT2D eigenvalue weighted by molar-refractivity contribution is 0.584. The van der Waals surface area contributed by atoms with Gasteiger partial charge in [0.2, 0.25) is 0 Å². The molecule has 0 radical (unpaired) electrons. The van der Waals surface area contributed by atoms with Crippen LogP contribution in [0.4, 0.5) is 0 Å². The first kappa shape index (κ1) is 9.79. The minimum absolute atomic E-state index is 0.855. The Morgan fingerprint density at radius 1 is 1.17 bits per heavy atom. The molecule has 0 aromatic heterocycles. The van der Waals surface area contributed by atoms with Crippen LogP contribution in [0.5, 0.6) is 0 Å². The molecule has 2 aliphatic rings. The molecule has 1 fully saturated rings. The van der Waals surface area contributed by atoms with Gasteiger partial charge in [-0.05, 0) is 51.1 Å². The Kier molecular flexibility index (Phi) is 5.09. The standard InChI is InChI=1S/C7H12.C4H9N/c1-7-5-3-2-4-6-7;1-2-4-5-3-1/h3,5,7H,2,4,6H2,1H3;5H,1-4H2/t7-;/m0./s1. The number of hydrogen-bond acceptors (Lipinski definition) is 1. The van der Waals surface area contributed by atoms with Crippen molar-refractivity contribution in [2.24, 2.45) is 5.92 Å². The Labute approximate surface area is 76.2 Å². The van der Waals surface area contributed by atoms with Gasteiger partial charge in [0.25, 0.3) is 0 Å². The zero-order chi connectivity index (χ0) is 8.65. The zero-order valence-corrected chi connectivity index (χ0v) is 8.18. The Morgan fingerprint density at radius 2 is 1.92 bits per heavy atom. The summed E-state index contributed by atoms with van der Waals surface area (Å²) in [6, 6.07) is 0. The Balaban J connectivity index is 0.000000127. The average Bonchev–Trinajstić information content (AvgIpc) is 2.62. The lowest BCUT2D eigenvalue weighted by Gasteiger charge is -2.08. The summed E-state index contributed by atoms with van der Waals surface area (Å²) in [6.07, 6.45) is 11.5. The Hall–Kier alpha value is -0.300. The molecule has 0 amide bonds. The van der Waals surface area contributed by atoms with Crippen LogP contribution >= 0.6 is 0 Å². The highest BCUT2D eigenvalue weighted by Crippen LogP contribution is 2.14. The third kappa shape index (κ3) is 4.55. The van der Waals surface area contributed by atoms with Gasteiger partial charge in [0.15, 0.2) is 0 Å². The van der Waals surface area contributed by atoms with Crippen LogP contribution < -0.4 is 5.32 Å². The van der Waals surface area contributed by atoms with Crippen LogP contribution in [0.25, 0.3) is 0 Å². The Bertz CT molecular complexity index is 117. The number of rotatable bonds is 0. The predicted octanol–water partition coefficient (Wildman–Crippen LogP) is 2.73. The SMILES string of the molecule is C1CCNC1.C[C@H]1C=CCCC1. The first-order valence-electron chi connectivity index (χ1n) is 5.27. The molecule has 2 rings (SSSR count). The molecule has 0 spiro atoms. The normalized spacial score (nSPS) is 27.9. The van der Waals surface area contributed by atoms with Gasteiger partial charge in [-0.1, -0.05) is 19.1 Å². The van der Waals surface area contributed by atoms with Gasteiger partial charge < -0.3 is 5.32 Å². The van der Waals surface area contributed by atoms with Gasteiger partial charge in [0.1, 0.15) is 0 Å². The smallest absolute Gasteiger partial charge is 0.00484 e. The van der Waals surface area contributed by atoms with Crippen LogP contribution in [0.1, 0.15) is 39.0 Å². The molecule has 0 saturated carbocycles. The topological polar surface area (TPSA) is 12.0 Å². The third-order valence-electron chi connectivity index (χ3n) is 2.45. The molecule has 0 aromatic carbocycles. The van der Waals surface area contributed by atoms with Crippen LogP contribution in [0, 0.1) is 5.92 Å². The van der Waals surface area contributed by atoms with Crippen LogP contribution in [0.15, 0.2) is 12.2 Å². The van der Waals surface area contributed by atoms with E-state index in [1.54, 1.807) is 0 Å². The second kappa shape index (κ2) is 6.24. The molecule has 1 nitrogen and oxygen atoms in total. The molecule has 0 aromatic rings. The van der Waals surface area contributed by atoms with Crippen molar-refractivity contribution in [2.75, 3.05) is 13.1 Å². The van der Waals surface area contributed by atoms with Gasteiger partial charge in [0, 0.05) is 0 Å². The van der Waals surface area contributed by atoms with Gasteiger partial charge in [0.05, 0.1) is 0 Å². The maximum Gasteiger partial charge on any atom is -0.00484 e. The number of allylic oxidation sites excluding steroid dienone is 2. The molecular formula is C11H21N. The summed E-state index contributed by atoms with van der Waals surface area (Å²) >= 11 is 0. The van der Waals surface area contributed by atoms with Crippen molar-refractivity contribution >= 4 is 0 Å². The summed E-state index contributed by atoms with van der Waals surface area (Å²) in [5.74, 6) is 0.855. The zero-order valence-electron chi connectivity index (χ0n) is 8.18. The first-order valence-corrected chi connectivity index (χ1v) is 5.27. The highest BCUT2D eigenvalue weighted by Gasteiger charge is 1.98. The fourth-order valence-electron chi connectivity index (χ4n) is 1.61. The van der Waals surface area contributed by atoms with Crippen molar-refractivity contribution in [1.82, 2.24) is 5.32 Å². The lowest BCUT2D eigenvalue weighted by atomic mass is 9.98. The summed E-state index contributed by atoms with van der Waals surface area (Å²) < 4.78 is 0. The van der Waals surface area contributed by atoms with Crippen LogP contribution in [0.2, 0.25) is 0 Å². The van der Waals surface area contributed by atoms with E-state index in [-0.39, 0.29) is 0 Å². The van der Waals surface area contributed by atoms with Crippen LogP contribution in [0.3, 0.4) is 0 Å². The van der Waals surface area contributed by atoms with Crippen molar-refractivity contribution in [3.63, 3.8) is 0 Å². The van der Waals surface area contributed by atoms with E-state index >= 15 is 0 Å². The molecule has 1 aliphatic heterocycles. The Morgan fingerprint density at radius 3 is 2.17 bits per heavy atom. The third-order valence-corrected chi connectivity index (χ3v) is 2.45. The first-order chi connectivity index (χ1) is 5.89. The van der Waals surface area contributed by atoms with Crippen LogP contribution in [-0.4, -0.2) is 13.1 Å². The summed E-state index contributed by atoms with van der Waals surface area (Å²) in [5, 5.41) is 3.22. The molecule has 12 heavy (non-hydrogen) atoms. The average molecular weight is 167 g/mol. The van der Waals surface area contributed by atoms with E-state index in [1.807, 2.05) is 0 Å². The van der Waals surface area contributed by atoms with Crippen molar-refractivity contribution < 1.29 is 0 Å². The predicted molar refractivity (Wildman–Crippen MR) is 54.3 cm³/mol. The maximum absolute atomic E-state index is 3.22. The highest BCUT2D eigenvalue weighted by molar-refractivity contribution is 4.90. The fraction of sp³-hybridized carbons (Fsp3) is 0.818. The lowest BCUT2D eigenvalue weighted by Crippen LogP contribution is -2.03. The van der Waals surface area contributed by atoms with E-state index in [1.165, 1.54) is 45.2 Å². The number of nitrogens with one attached hydrogen (secondary N) is 1. The number of hydrogen-bond donors (Lipinski definition) is 1. The fourth-order valence-corrected chi connectivity index (χ4v) is 1.61. The molecule has 0 bridgehead atoms. The highest BCUT2D eigenvalue weighted by atomic mass is 14.9. The van der Waals surface area contributed by atoms with E-state index in [0.717, 1.165) is 5.92 Å². The van der Waals surface area contributed by atoms with Crippen LogP contribution in [-0.2, 0) is 0 Å². The van der Waals surface area contributed by atoms with E-state index in [2.05, 4.69) is 24.4 Å². The van der Waals surface area contributed by atoms with Gasteiger partial charge in [-0.3, -0.25) is 0 Å². The van der Waals surface area contributed by atoms with Crippen molar-refractivity contribution in [3.8, 4) is 0 Å². The second-order valence-electron chi connectivity index (χ2n) is 3.79. The molecule has 0 unspecified atom stereocenters. The van der Waals surface area contributed by atoms with Crippen molar-refractivity contribution in [1.29, 1.82) is 0 Å². The molecule has 1 heterocycles. The molecule has 1 saturated heterocycles. The van der Waals surface area contributed by atoms with E-state index in [4.69, 9.17) is 0 Å². The molecule has 70 valence electrons. The summed E-state index contributed by atoms with van der Waals surface area (Å²) in [6.45, 7) is 4.77. The van der Waals surface area contributed by atoms with Gasteiger partial charge in [-0.2, -0.15) is 0 Å². The van der Waals surface area contributed by atoms with Gasteiger partial charge in [-0.15, -0.1) is 0 Å². The van der Waals surface area contributed by atoms with E-state index in [9.17, 15) is 0 Å². The van der Waals surface area contributed by atoms with E-state index in [0.29, 0.717) is 0 Å². The molecule has 1 heteroatoms. The van der Waals surface area contributed by atoms with Crippen molar-refractivity contribution in [3.05, 3.63) is 12.2 Å². The second-order valence-corrected chi connectivity index (χ2v) is 3.79. The largest absolute Gasteiger partial charge is 0.317 e. The summed E-state index contributed by atoms with van der Waals surface area (Å²) in [4.78, 5) is 0. The quantitative estimate of drug-likeness (QED) is 0.547. The summed E-state index contributed by atoms with van der Waals surface area (Å²) in [7, 11) is 0. The van der Waals surface area contributed by atoms with Gasteiger partial charge in [-0.25, -0.2) is 0 Å². The molecular weight excluding hydrogens is 146 g/mol. The van der Waals surface area contributed by atoms with Crippen molar-refractivity contribution in [2.45, 2.75) is 39.0 Å². The molecule has 1 atom stereocenters. The minimum atomic E-state index is 0.855. The minimum Gasteiger partial charge on any atom is -0.317 e. The molecule has 1 N–H and O–H groups in total. The van der Waals surface area contributed by atoms with E-state index < -0.39 is 0 Å². The van der Waals surface area contributed by atoms with Gasteiger partial charge >= 0.3 is 0 Å².